The zero-order valence-electron chi connectivity index (χ0n) is 10.6. The van der Waals surface area contributed by atoms with Gasteiger partial charge in [0.25, 0.3) is 0 Å². The minimum Gasteiger partial charge on any atom is -0.389 e. The van der Waals surface area contributed by atoms with Crippen molar-refractivity contribution in [2.75, 3.05) is 6.54 Å². The zero-order valence-corrected chi connectivity index (χ0v) is 10.6. The fourth-order valence-electron chi connectivity index (χ4n) is 1.81. The predicted molar refractivity (Wildman–Crippen MR) is 63.6 cm³/mol. The number of aliphatic hydroxyl groups is 1. The van der Waals surface area contributed by atoms with Crippen LogP contribution in [0.3, 0.4) is 0 Å². The van der Waals surface area contributed by atoms with Crippen molar-refractivity contribution >= 4 is 0 Å². The van der Waals surface area contributed by atoms with Gasteiger partial charge in [0.05, 0.1) is 5.60 Å². The van der Waals surface area contributed by atoms with Gasteiger partial charge in [-0.15, -0.1) is 0 Å². The van der Waals surface area contributed by atoms with E-state index in [1.54, 1.807) is 6.92 Å². The Morgan fingerprint density at radius 3 is 2.28 bits per heavy atom. The highest BCUT2D eigenvalue weighted by molar-refractivity contribution is 5.19. The van der Waals surface area contributed by atoms with E-state index >= 15 is 0 Å². The van der Waals surface area contributed by atoms with Crippen molar-refractivity contribution in [3.8, 4) is 0 Å². The molecule has 1 rings (SSSR count). The first-order chi connectivity index (χ1) is 8.35. The molecule has 18 heavy (non-hydrogen) atoms. The quantitative estimate of drug-likeness (QED) is 0.772. The van der Waals surface area contributed by atoms with Gasteiger partial charge in [-0.2, -0.15) is 0 Å². The molecule has 0 saturated carbocycles. The van der Waals surface area contributed by atoms with Crippen molar-refractivity contribution in [3.05, 3.63) is 35.1 Å². The monoisotopic (exact) mass is 261 g/mol. The number of nitrogens with one attached hydrogen (secondary N) is 1. The lowest BCUT2D eigenvalue weighted by Crippen LogP contribution is -2.37. The maximum atomic E-state index is 12.9. The van der Waals surface area contributed by atoms with Gasteiger partial charge in [0.1, 0.15) is 0 Å². The highest BCUT2D eigenvalue weighted by Crippen LogP contribution is 2.14. The minimum atomic E-state index is -1.46. The molecule has 0 spiro atoms. The number of rotatable bonds is 6. The van der Waals surface area contributed by atoms with Crippen molar-refractivity contribution in [1.29, 1.82) is 0 Å². The highest BCUT2D eigenvalue weighted by atomic mass is 19.2. The van der Waals surface area contributed by atoms with E-state index in [4.69, 9.17) is 0 Å². The second-order valence-corrected chi connectivity index (χ2v) is 4.72. The molecular weight excluding hydrogens is 243 g/mol. The third-order valence-electron chi connectivity index (χ3n) is 2.67. The predicted octanol–water partition coefficient (Wildman–Crippen LogP) is 2.74. The molecular formula is C13H18F3NO. The largest absolute Gasteiger partial charge is 0.389 e. The Labute approximate surface area is 105 Å². The minimum absolute atomic E-state index is 0.175. The fraction of sp³-hybridized carbons (Fsp3) is 0.538. The zero-order chi connectivity index (χ0) is 13.8. The van der Waals surface area contributed by atoms with Gasteiger partial charge in [-0.3, -0.25) is 0 Å². The second kappa shape index (κ2) is 6.20. The van der Waals surface area contributed by atoms with Crippen LogP contribution in [0, 0.1) is 17.5 Å². The van der Waals surface area contributed by atoms with E-state index in [2.05, 4.69) is 5.32 Å². The van der Waals surface area contributed by atoms with Gasteiger partial charge in [0, 0.05) is 13.1 Å². The summed E-state index contributed by atoms with van der Waals surface area (Å²) in [5.41, 5.74) is -0.551. The number of hydrogen-bond donors (Lipinski definition) is 2. The maximum absolute atomic E-state index is 12.9. The first-order valence-electron chi connectivity index (χ1n) is 5.92. The lowest BCUT2D eigenvalue weighted by atomic mass is 10.0. The van der Waals surface area contributed by atoms with Gasteiger partial charge in [0.15, 0.2) is 17.5 Å². The topological polar surface area (TPSA) is 32.3 Å². The summed E-state index contributed by atoms with van der Waals surface area (Å²) in [5, 5.41) is 12.8. The van der Waals surface area contributed by atoms with E-state index in [1.807, 2.05) is 6.92 Å². The average Bonchev–Trinajstić information content (AvgIpc) is 2.25. The number of halogens is 3. The van der Waals surface area contributed by atoms with E-state index in [-0.39, 0.29) is 6.54 Å². The fourth-order valence-corrected chi connectivity index (χ4v) is 1.81. The molecule has 2 nitrogen and oxygen atoms in total. The number of benzene rings is 1. The van der Waals surface area contributed by atoms with Crippen molar-refractivity contribution < 1.29 is 18.3 Å². The molecule has 1 aromatic carbocycles. The average molecular weight is 261 g/mol. The first kappa shape index (κ1) is 15.0. The summed E-state index contributed by atoms with van der Waals surface area (Å²) in [7, 11) is 0. The Morgan fingerprint density at radius 2 is 1.78 bits per heavy atom. The Hall–Kier alpha value is -1.07. The molecule has 5 heteroatoms. The van der Waals surface area contributed by atoms with Crippen LogP contribution in [0.1, 0.15) is 32.3 Å². The Kier molecular flexibility index (Phi) is 5.16. The van der Waals surface area contributed by atoms with Gasteiger partial charge in [-0.25, -0.2) is 13.2 Å². The third-order valence-corrected chi connectivity index (χ3v) is 2.67. The van der Waals surface area contributed by atoms with Crippen LogP contribution in [0.5, 0.6) is 0 Å². The molecule has 0 bridgehead atoms. The molecule has 0 aromatic heterocycles. The van der Waals surface area contributed by atoms with Gasteiger partial charge < -0.3 is 10.4 Å². The Bertz CT molecular complexity index is 384. The van der Waals surface area contributed by atoms with E-state index in [1.165, 1.54) is 0 Å². The molecule has 0 aliphatic heterocycles. The summed E-state index contributed by atoms with van der Waals surface area (Å²) in [6.45, 7) is 4.13. The normalized spacial score (nSPS) is 14.6. The van der Waals surface area contributed by atoms with Crippen LogP contribution in [0.15, 0.2) is 12.1 Å². The van der Waals surface area contributed by atoms with Gasteiger partial charge in [-0.1, -0.05) is 13.3 Å². The summed E-state index contributed by atoms with van der Waals surface area (Å²) >= 11 is 0. The molecule has 0 aliphatic rings. The lowest BCUT2D eigenvalue weighted by Gasteiger charge is -2.23. The number of hydrogen-bond acceptors (Lipinski definition) is 2. The molecule has 0 saturated heterocycles. The van der Waals surface area contributed by atoms with Crippen molar-refractivity contribution in [1.82, 2.24) is 5.32 Å². The Morgan fingerprint density at radius 1 is 1.22 bits per heavy atom. The smallest absolute Gasteiger partial charge is 0.194 e. The molecule has 0 radical (unpaired) electrons. The molecule has 2 N–H and O–H groups in total. The van der Waals surface area contributed by atoms with Crippen molar-refractivity contribution in [3.63, 3.8) is 0 Å². The maximum Gasteiger partial charge on any atom is 0.194 e. The lowest BCUT2D eigenvalue weighted by molar-refractivity contribution is 0.0498. The molecule has 1 unspecified atom stereocenters. The second-order valence-electron chi connectivity index (χ2n) is 4.72. The molecule has 1 atom stereocenters. The summed E-state index contributed by atoms with van der Waals surface area (Å²) in [4.78, 5) is 0. The van der Waals surface area contributed by atoms with Crippen molar-refractivity contribution in [2.45, 2.75) is 38.8 Å². The molecule has 102 valence electrons. The highest BCUT2D eigenvalue weighted by Gasteiger charge is 2.18. The van der Waals surface area contributed by atoms with Crippen LogP contribution < -0.4 is 5.32 Å². The van der Waals surface area contributed by atoms with E-state index in [0.717, 1.165) is 18.6 Å². The van der Waals surface area contributed by atoms with Crippen LogP contribution in [-0.2, 0) is 6.54 Å². The summed E-state index contributed by atoms with van der Waals surface area (Å²) in [5.74, 6) is -3.86. The molecule has 0 aliphatic carbocycles. The van der Waals surface area contributed by atoms with E-state index < -0.39 is 23.1 Å². The molecule has 0 heterocycles. The molecule has 0 amide bonds. The summed E-state index contributed by atoms with van der Waals surface area (Å²) in [6.07, 6.45) is 1.47. The van der Waals surface area contributed by atoms with E-state index in [9.17, 15) is 18.3 Å². The van der Waals surface area contributed by atoms with Crippen LogP contribution >= 0.6 is 0 Å². The van der Waals surface area contributed by atoms with Crippen LogP contribution in [0.2, 0.25) is 0 Å². The van der Waals surface area contributed by atoms with E-state index in [0.29, 0.717) is 18.5 Å². The van der Waals surface area contributed by atoms with Gasteiger partial charge in [-0.05, 0) is 31.0 Å². The molecule has 0 fully saturated rings. The first-order valence-corrected chi connectivity index (χ1v) is 5.92. The standard InChI is InChI=1S/C13H18F3NO/c1-3-4-13(2,18)8-17-7-9-5-10(14)12(16)11(15)6-9/h5-6,17-18H,3-4,7-8H2,1-2H3. The van der Waals surface area contributed by atoms with Crippen LogP contribution in [0.4, 0.5) is 13.2 Å². The Balaban J connectivity index is 2.54. The third kappa shape index (κ3) is 4.31. The summed E-state index contributed by atoms with van der Waals surface area (Å²) < 4.78 is 38.6. The summed E-state index contributed by atoms with van der Waals surface area (Å²) in [6, 6.07) is 1.89. The van der Waals surface area contributed by atoms with Crippen molar-refractivity contribution in [2.24, 2.45) is 0 Å². The van der Waals surface area contributed by atoms with Gasteiger partial charge >= 0.3 is 0 Å². The van der Waals surface area contributed by atoms with Crippen LogP contribution in [0.25, 0.3) is 0 Å². The molecule has 1 aromatic rings. The van der Waals surface area contributed by atoms with Gasteiger partial charge in [0.2, 0.25) is 0 Å². The van der Waals surface area contributed by atoms with Crippen LogP contribution in [-0.4, -0.2) is 17.3 Å². The SMILES string of the molecule is CCCC(C)(O)CNCc1cc(F)c(F)c(F)c1.